The highest BCUT2D eigenvalue weighted by Gasteiger charge is 2.19. The zero-order valence-electron chi connectivity index (χ0n) is 54.0. The van der Waals surface area contributed by atoms with Crippen LogP contribution >= 0.6 is 0 Å². The molecule has 82 heavy (non-hydrogen) atoms. The maximum atomic E-state index is 12.9. The molecule has 6 nitrogen and oxygen atoms in total. The number of allylic oxidation sites excluding steroid dienone is 18. The van der Waals surface area contributed by atoms with Crippen LogP contribution < -0.4 is 0 Å². The first kappa shape index (κ1) is 78.1. The summed E-state index contributed by atoms with van der Waals surface area (Å²) in [6.07, 6.45) is 95.7. The summed E-state index contributed by atoms with van der Waals surface area (Å²) >= 11 is 0. The Kier molecular flexibility index (Phi) is 66.2. The van der Waals surface area contributed by atoms with Gasteiger partial charge in [-0.1, -0.05) is 323 Å². The van der Waals surface area contributed by atoms with Crippen LogP contribution in [0.3, 0.4) is 0 Å². The molecular formula is C76H130O6. The third kappa shape index (κ3) is 66.9. The lowest BCUT2D eigenvalue weighted by atomic mass is 10.0. The van der Waals surface area contributed by atoms with E-state index in [0.717, 1.165) is 122 Å². The number of hydrogen-bond acceptors (Lipinski definition) is 6. The van der Waals surface area contributed by atoms with E-state index < -0.39 is 6.10 Å². The predicted molar refractivity (Wildman–Crippen MR) is 357 cm³/mol. The zero-order chi connectivity index (χ0) is 59.2. The summed E-state index contributed by atoms with van der Waals surface area (Å²) in [5, 5.41) is 0. The SMILES string of the molecule is CC/C=C\C/C=C\C/C=C\C/C=C\C/C=C\CCCCCCCCCCCCCCCCCCCCCC(=O)OCC(COC(=O)CCCCCCCCCC)OC(=O)CCCCCCCCCC/C=C\C/C=C\C/C=C\C/C=C\CC. The van der Waals surface area contributed by atoms with E-state index in [1.54, 1.807) is 0 Å². The van der Waals surface area contributed by atoms with Crippen LogP contribution in [0.25, 0.3) is 0 Å². The zero-order valence-corrected chi connectivity index (χ0v) is 54.0. The minimum atomic E-state index is -0.779. The Balaban J connectivity index is 4.05. The van der Waals surface area contributed by atoms with Gasteiger partial charge in [-0.2, -0.15) is 0 Å². The third-order valence-electron chi connectivity index (χ3n) is 15.0. The lowest BCUT2D eigenvalue weighted by Crippen LogP contribution is -2.30. The molecule has 0 aliphatic heterocycles. The third-order valence-corrected chi connectivity index (χ3v) is 15.0. The van der Waals surface area contributed by atoms with Crippen LogP contribution in [0.1, 0.15) is 335 Å². The second kappa shape index (κ2) is 69.6. The Morgan fingerprint density at radius 1 is 0.256 bits per heavy atom. The molecule has 0 saturated heterocycles. The number of esters is 3. The number of rotatable bonds is 63. The maximum Gasteiger partial charge on any atom is 0.306 e. The molecule has 470 valence electrons. The molecule has 0 heterocycles. The van der Waals surface area contributed by atoms with E-state index in [2.05, 4.69) is 130 Å². The summed E-state index contributed by atoms with van der Waals surface area (Å²) in [4.78, 5) is 38.2. The summed E-state index contributed by atoms with van der Waals surface area (Å²) in [5.41, 5.74) is 0. The van der Waals surface area contributed by atoms with Crippen molar-refractivity contribution in [3.8, 4) is 0 Å². The van der Waals surface area contributed by atoms with Crippen LogP contribution in [-0.2, 0) is 28.6 Å². The topological polar surface area (TPSA) is 78.9 Å². The maximum absolute atomic E-state index is 12.9. The van der Waals surface area contributed by atoms with Gasteiger partial charge < -0.3 is 14.2 Å². The summed E-state index contributed by atoms with van der Waals surface area (Å²) in [6.45, 7) is 6.41. The normalized spacial score (nSPS) is 12.8. The smallest absolute Gasteiger partial charge is 0.306 e. The van der Waals surface area contributed by atoms with Crippen LogP contribution in [-0.4, -0.2) is 37.2 Å². The van der Waals surface area contributed by atoms with Gasteiger partial charge in [0.25, 0.3) is 0 Å². The van der Waals surface area contributed by atoms with Gasteiger partial charge >= 0.3 is 17.9 Å². The molecule has 0 spiro atoms. The fourth-order valence-electron chi connectivity index (χ4n) is 9.88. The molecule has 6 heteroatoms. The Hall–Kier alpha value is -3.93. The Morgan fingerprint density at radius 3 is 0.744 bits per heavy atom. The minimum Gasteiger partial charge on any atom is -0.462 e. The second-order valence-electron chi connectivity index (χ2n) is 23.0. The van der Waals surface area contributed by atoms with Crippen molar-refractivity contribution < 1.29 is 28.6 Å². The number of unbranched alkanes of at least 4 members (excludes halogenated alkanes) is 34. The van der Waals surface area contributed by atoms with Gasteiger partial charge in [-0.15, -0.1) is 0 Å². The van der Waals surface area contributed by atoms with Crippen molar-refractivity contribution in [1.82, 2.24) is 0 Å². The van der Waals surface area contributed by atoms with Crippen LogP contribution in [0.4, 0.5) is 0 Å². The van der Waals surface area contributed by atoms with Gasteiger partial charge in [0.15, 0.2) is 6.10 Å². The van der Waals surface area contributed by atoms with Crippen LogP contribution in [0.2, 0.25) is 0 Å². The molecule has 0 aromatic carbocycles. The monoisotopic (exact) mass is 1140 g/mol. The van der Waals surface area contributed by atoms with E-state index in [1.807, 2.05) is 0 Å². The van der Waals surface area contributed by atoms with E-state index in [4.69, 9.17) is 14.2 Å². The molecule has 0 aliphatic carbocycles. The first-order valence-electron chi connectivity index (χ1n) is 34.9. The highest BCUT2D eigenvalue weighted by atomic mass is 16.6. The largest absolute Gasteiger partial charge is 0.462 e. The van der Waals surface area contributed by atoms with Crippen LogP contribution in [0.15, 0.2) is 109 Å². The lowest BCUT2D eigenvalue weighted by Gasteiger charge is -2.18. The van der Waals surface area contributed by atoms with Gasteiger partial charge in [-0.05, 0) is 103 Å². The van der Waals surface area contributed by atoms with Crippen molar-refractivity contribution >= 4 is 17.9 Å². The quantitative estimate of drug-likeness (QED) is 0.0261. The molecule has 0 fully saturated rings. The van der Waals surface area contributed by atoms with Gasteiger partial charge in [0.2, 0.25) is 0 Å². The Morgan fingerprint density at radius 2 is 0.476 bits per heavy atom. The van der Waals surface area contributed by atoms with Gasteiger partial charge in [0.05, 0.1) is 0 Å². The summed E-state index contributed by atoms with van der Waals surface area (Å²) < 4.78 is 16.9. The second-order valence-corrected chi connectivity index (χ2v) is 23.0. The van der Waals surface area contributed by atoms with Crippen molar-refractivity contribution in [3.63, 3.8) is 0 Å². The van der Waals surface area contributed by atoms with Crippen molar-refractivity contribution in [2.75, 3.05) is 13.2 Å². The van der Waals surface area contributed by atoms with Crippen molar-refractivity contribution in [2.24, 2.45) is 0 Å². The molecule has 0 aromatic rings. The summed E-state index contributed by atoms with van der Waals surface area (Å²) in [5.74, 6) is -0.876. The molecule has 0 saturated carbocycles. The fraction of sp³-hybridized carbons (Fsp3) is 0.724. The molecule has 0 aromatic heterocycles. The van der Waals surface area contributed by atoms with Crippen LogP contribution in [0, 0.1) is 0 Å². The van der Waals surface area contributed by atoms with Crippen molar-refractivity contribution in [3.05, 3.63) is 109 Å². The minimum absolute atomic E-state index is 0.0772. The molecule has 1 unspecified atom stereocenters. The van der Waals surface area contributed by atoms with Gasteiger partial charge in [-0.25, -0.2) is 0 Å². The standard InChI is InChI=1S/C76H130O6/c1-4-7-10-13-16-19-21-23-25-27-29-31-32-33-34-35-36-37-38-39-40-41-42-43-44-46-47-49-51-53-55-57-60-63-66-69-75(78)81-72-73(71-80-74(77)68-65-62-59-18-15-12-9-6-3)82-76(79)70-67-64-61-58-56-54-52-50-48-45-30-28-26-24-22-20-17-14-11-8-5-2/h7-8,10-11,16-17,19-20,23-26,29-31,33-34,45,73H,4-6,9,12-15,18,21-22,27-28,32,35-44,46-72H2,1-3H3/b10-7-,11-8-,19-16-,20-17-,25-23-,26-24-,31-29-,34-33-,45-30-. The molecule has 1 atom stereocenters. The Labute approximate surface area is 508 Å². The molecule has 0 radical (unpaired) electrons. The molecule has 0 bridgehead atoms. The van der Waals surface area contributed by atoms with E-state index in [9.17, 15) is 14.4 Å². The number of carbonyl (C=O) groups is 3. The van der Waals surface area contributed by atoms with Gasteiger partial charge in [0, 0.05) is 19.3 Å². The van der Waals surface area contributed by atoms with Crippen molar-refractivity contribution in [2.45, 2.75) is 341 Å². The Bertz CT molecular complexity index is 1640. The van der Waals surface area contributed by atoms with E-state index in [0.29, 0.717) is 19.3 Å². The lowest BCUT2D eigenvalue weighted by molar-refractivity contribution is -0.167. The first-order valence-corrected chi connectivity index (χ1v) is 34.9. The fourth-order valence-corrected chi connectivity index (χ4v) is 9.88. The number of hydrogen-bond donors (Lipinski definition) is 0. The molecular weight excluding hydrogens is 1010 g/mol. The van der Waals surface area contributed by atoms with Gasteiger partial charge in [-0.3, -0.25) is 14.4 Å². The number of carbonyl (C=O) groups excluding carboxylic acids is 3. The predicted octanol–water partition coefficient (Wildman–Crippen LogP) is 24.2. The molecule has 0 N–H and O–H groups in total. The molecule has 0 rings (SSSR count). The summed E-state index contributed by atoms with van der Waals surface area (Å²) in [7, 11) is 0. The van der Waals surface area contributed by atoms with E-state index in [-0.39, 0.29) is 31.1 Å². The average molecular weight is 1140 g/mol. The molecule has 0 aliphatic rings. The van der Waals surface area contributed by atoms with E-state index >= 15 is 0 Å². The highest BCUT2D eigenvalue weighted by Crippen LogP contribution is 2.17. The van der Waals surface area contributed by atoms with Crippen molar-refractivity contribution in [1.29, 1.82) is 0 Å². The van der Waals surface area contributed by atoms with E-state index in [1.165, 1.54) is 173 Å². The molecule has 0 amide bonds. The van der Waals surface area contributed by atoms with Gasteiger partial charge in [0.1, 0.15) is 13.2 Å². The van der Waals surface area contributed by atoms with Crippen LogP contribution in [0.5, 0.6) is 0 Å². The average Bonchev–Trinajstić information content (AvgIpc) is 3.47. The number of ether oxygens (including phenoxy) is 3. The highest BCUT2D eigenvalue weighted by molar-refractivity contribution is 5.71. The first-order chi connectivity index (χ1) is 40.5. The summed E-state index contributed by atoms with van der Waals surface area (Å²) in [6, 6.07) is 0.